The predicted octanol–water partition coefficient (Wildman–Crippen LogP) is 2.30. The second-order valence-electron chi connectivity index (χ2n) is 6.53. The molecule has 20 heavy (non-hydrogen) atoms. The highest BCUT2D eigenvalue weighted by Crippen LogP contribution is 2.48. The molecule has 0 saturated heterocycles. The molecule has 2 fully saturated rings. The van der Waals surface area contributed by atoms with Crippen LogP contribution in [0.3, 0.4) is 0 Å². The van der Waals surface area contributed by atoms with Crippen LogP contribution >= 0.6 is 0 Å². The molecule has 1 aromatic rings. The molecule has 0 amide bonds. The maximum Gasteiger partial charge on any atom is 0.341 e. The molecule has 0 aliphatic heterocycles. The van der Waals surface area contributed by atoms with Crippen molar-refractivity contribution in [3.8, 4) is 0 Å². The largest absolute Gasteiger partial charge is 0.477 e. The molecule has 0 aromatic carbocycles. The molecule has 1 N–H and O–H groups in total. The molecule has 2 bridgehead atoms. The Balaban J connectivity index is 1.80. The normalized spacial score (nSPS) is 28.1. The van der Waals surface area contributed by atoms with Crippen molar-refractivity contribution < 1.29 is 9.90 Å². The topological polar surface area (TPSA) is 58.4 Å². The molecule has 5 nitrogen and oxygen atoms in total. The zero-order valence-corrected chi connectivity index (χ0v) is 12.5. The molecule has 2 aliphatic carbocycles. The fourth-order valence-corrected chi connectivity index (χ4v) is 4.37. The monoisotopic (exact) mass is 277 g/mol. The van der Waals surface area contributed by atoms with Crippen molar-refractivity contribution in [2.45, 2.75) is 32.6 Å². The van der Waals surface area contributed by atoms with E-state index in [1.165, 1.54) is 25.7 Å². The number of hydrogen-bond acceptors (Lipinski definition) is 3. The summed E-state index contributed by atoms with van der Waals surface area (Å²) in [5.74, 6) is 2.34. The van der Waals surface area contributed by atoms with Crippen LogP contribution < -0.4 is 4.90 Å². The van der Waals surface area contributed by atoms with Gasteiger partial charge in [-0.2, -0.15) is 5.10 Å². The second kappa shape index (κ2) is 4.79. The number of aryl methyl sites for hydroxylation is 2. The van der Waals surface area contributed by atoms with Gasteiger partial charge in [-0.1, -0.05) is 6.42 Å². The van der Waals surface area contributed by atoms with E-state index >= 15 is 0 Å². The number of aromatic carboxylic acids is 1. The van der Waals surface area contributed by atoms with Crippen molar-refractivity contribution in [1.82, 2.24) is 9.78 Å². The third-order valence-electron chi connectivity index (χ3n) is 5.16. The minimum Gasteiger partial charge on any atom is -0.477 e. The number of hydrogen-bond donors (Lipinski definition) is 1. The summed E-state index contributed by atoms with van der Waals surface area (Å²) in [5.41, 5.74) is 0.938. The van der Waals surface area contributed by atoms with Crippen LogP contribution in [0.15, 0.2) is 0 Å². The first-order chi connectivity index (χ1) is 9.47. The van der Waals surface area contributed by atoms with Crippen molar-refractivity contribution in [2.75, 3.05) is 18.5 Å². The Morgan fingerprint density at radius 3 is 2.75 bits per heavy atom. The van der Waals surface area contributed by atoms with E-state index in [2.05, 4.69) is 10.00 Å². The number of anilines is 1. The van der Waals surface area contributed by atoms with Gasteiger partial charge in [-0.05, 0) is 43.9 Å². The Kier molecular flexibility index (Phi) is 3.22. The average Bonchev–Trinajstić information content (AvgIpc) is 3.02. The Hall–Kier alpha value is -1.52. The van der Waals surface area contributed by atoms with E-state index in [0.29, 0.717) is 11.3 Å². The Morgan fingerprint density at radius 2 is 2.20 bits per heavy atom. The third-order valence-corrected chi connectivity index (χ3v) is 5.16. The van der Waals surface area contributed by atoms with Gasteiger partial charge in [-0.3, -0.25) is 4.68 Å². The van der Waals surface area contributed by atoms with E-state index in [-0.39, 0.29) is 0 Å². The highest BCUT2D eigenvalue weighted by atomic mass is 16.4. The highest BCUT2D eigenvalue weighted by Gasteiger charge is 2.40. The van der Waals surface area contributed by atoms with Crippen LogP contribution in [0.4, 0.5) is 5.82 Å². The van der Waals surface area contributed by atoms with Crippen molar-refractivity contribution in [3.63, 3.8) is 0 Å². The standard InChI is InChI=1S/C15H23N3O2/c1-9-13(15(19)20)14(18(3)16-9)17(2)8-12-7-10-4-5-11(12)6-10/h10-12H,4-8H2,1-3H3,(H,19,20). The zero-order chi connectivity index (χ0) is 14.4. The molecule has 5 heteroatoms. The lowest BCUT2D eigenvalue weighted by Crippen LogP contribution is -2.31. The lowest BCUT2D eigenvalue weighted by molar-refractivity contribution is 0.0696. The predicted molar refractivity (Wildman–Crippen MR) is 77.1 cm³/mol. The quantitative estimate of drug-likeness (QED) is 0.917. The van der Waals surface area contributed by atoms with E-state index in [0.717, 1.165) is 30.1 Å². The maximum absolute atomic E-state index is 11.4. The molecule has 2 aliphatic rings. The van der Waals surface area contributed by atoms with Gasteiger partial charge in [-0.25, -0.2) is 4.79 Å². The summed E-state index contributed by atoms with van der Waals surface area (Å²) in [7, 11) is 3.82. The summed E-state index contributed by atoms with van der Waals surface area (Å²) in [5, 5.41) is 13.7. The third kappa shape index (κ3) is 2.09. The lowest BCUT2D eigenvalue weighted by atomic mass is 9.88. The van der Waals surface area contributed by atoms with Crippen LogP contribution in [0, 0.1) is 24.7 Å². The van der Waals surface area contributed by atoms with Crippen molar-refractivity contribution in [1.29, 1.82) is 0 Å². The number of nitrogens with zero attached hydrogens (tertiary/aromatic N) is 3. The first kappa shape index (κ1) is 13.5. The van der Waals surface area contributed by atoms with Gasteiger partial charge in [-0.15, -0.1) is 0 Å². The molecular formula is C15H23N3O2. The summed E-state index contributed by atoms with van der Waals surface area (Å²) in [6.45, 7) is 2.71. The minimum atomic E-state index is -0.884. The van der Waals surface area contributed by atoms with Crippen LogP contribution in [0.25, 0.3) is 0 Å². The number of rotatable bonds is 4. The van der Waals surface area contributed by atoms with Gasteiger partial charge in [0.05, 0.1) is 5.69 Å². The average molecular weight is 277 g/mol. The van der Waals surface area contributed by atoms with E-state index in [1.807, 2.05) is 14.1 Å². The second-order valence-corrected chi connectivity index (χ2v) is 6.53. The van der Waals surface area contributed by atoms with E-state index in [4.69, 9.17) is 0 Å². The van der Waals surface area contributed by atoms with Crippen LogP contribution in [-0.4, -0.2) is 34.4 Å². The Morgan fingerprint density at radius 1 is 1.45 bits per heavy atom. The number of aromatic nitrogens is 2. The number of carbonyl (C=O) groups is 1. The zero-order valence-electron chi connectivity index (χ0n) is 12.5. The number of fused-ring (bicyclic) bond motifs is 2. The van der Waals surface area contributed by atoms with Gasteiger partial charge in [0, 0.05) is 20.6 Å². The summed E-state index contributed by atoms with van der Waals surface area (Å²) >= 11 is 0. The molecule has 110 valence electrons. The molecule has 3 rings (SSSR count). The first-order valence-corrected chi connectivity index (χ1v) is 7.45. The summed E-state index contributed by atoms with van der Waals surface area (Å²) in [4.78, 5) is 13.5. The number of carboxylic acid groups (broad SMARTS) is 1. The van der Waals surface area contributed by atoms with Crippen LogP contribution in [-0.2, 0) is 7.05 Å². The van der Waals surface area contributed by atoms with Gasteiger partial charge in [0.2, 0.25) is 0 Å². The van der Waals surface area contributed by atoms with Crippen LogP contribution in [0.5, 0.6) is 0 Å². The Bertz CT molecular complexity index is 537. The summed E-state index contributed by atoms with van der Waals surface area (Å²) < 4.78 is 1.70. The van der Waals surface area contributed by atoms with E-state index < -0.39 is 5.97 Å². The summed E-state index contributed by atoms with van der Waals surface area (Å²) in [6.07, 6.45) is 5.46. The minimum absolute atomic E-state index is 0.346. The maximum atomic E-state index is 11.4. The van der Waals surface area contributed by atoms with Gasteiger partial charge in [0.25, 0.3) is 0 Å². The van der Waals surface area contributed by atoms with Gasteiger partial charge in [0.15, 0.2) is 0 Å². The first-order valence-electron chi connectivity index (χ1n) is 7.45. The SMILES string of the molecule is Cc1nn(C)c(N(C)CC2CC3CCC2C3)c1C(=O)O. The Labute approximate surface area is 119 Å². The molecule has 3 atom stereocenters. The molecule has 0 radical (unpaired) electrons. The van der Waals surface area contributed by atoms with Gasteiger partial charge >= 0.3 is 5.97 Å². The highest BCUT2D eigenvalue weighted by molar-refractivity contribution is 5.94. The fraction of sp³-hybridized carbons (Fsp3) is 0.733. The molecule has 1 aromatic heterocycles. The van der Waals surface area contributed by atoms with Crippen molar-refractivity contribution in [3.05, 3.63) is 11.3 Å². The van der Waals surface area contributed by atoms with E-state index in [1.54, 1.807) is 11.6 Å². The molecule has 0 spiro atoms. The van der Waals surface area contributed by atoms with Crippen molar-refractivity contribution >= 4 is 11.8 Å². The number of carboxylic acids is 1. The molecule has 1 heterocycles. The van der Waals surface area contributed by atoms with Crippen LogP contribution in [0.2, 0.25) is 0 Å². The van der Waals surface area contributed by atoms with Crippen molar-refractivity contribution in [2.24, 2.45) is 24.8 Å². The van der Waals surface area contributed by atoms with E-state index in [9.17, 15) is 9.90 Å². The molecule has 3 unspecified atom stereocenters. The van der Waals surface area contributed by atoms with Crippen LogP contribution in [0.1, 0.15) is 41.7 Å². The van der Waals surface area contributed by atoms with Gasteiger partial charge < -0.3 is 10.0 Å². The molecule has 2 saturated carbocycles. The van der Waals surface area contributed by atoms with Gasteiger partial charge in [0.1, 0.15) is 11.4 Å². The summed E-state index contributed by atoms with van der Waals surface area (Å²) in [6, 6.07) is 0. The molecular weight excluding hydrogens is 254 g/mol. The fourth-order valence-electron chi connectivity index (χ4n) is 4.37. The lowest BCUT2D eigenvalue weighted by Gasteiger charge is -2.28. The smallest absolute Gasteiger partial charge is 0.341 e.